The largest absolute Gasteiger partial charge is 2.00 e. The molecule has 248 valence electrons. The van der Waals surface area contributed by atoms with Crippen LogP contribution in [-0.2, 0) is 26.5 Å². The van der Waals surface area contributed by atoms with Crippen LogP contribution in [-0.4, -0.2) is 19.3 Å². The summed E-state index contributed by atoms with van der Waals surface area (Å²) in [6.45, 7) is 4.52. The van der Waals surface area contributed by atoms with Crippen LogP contribution in [0.2, 0.25) is 0 Å². The third-order valence-electron chi connectivity index (χ3n) is 9.58. The van der Waals surface area contributed by atoms with Crippen molar-refractivity contribution in [2.24, 2.45) is 0 Å². The molecule has 0 amide bonds. The third-order valence-corrected chi connectivity index (χ3v) is 9.58. The Bertz CT molecular complexity index is 2630. The fourth-order valence-corrected chi connectivity index (χ4v) is 6.82. The molecule has 0 spiro atoms. The van der Waals surface area contributed by atoms with Crippen LogP contribution in [0.15, 0.2) is 158 Å². The number of rotatable bonds is 7. The van der Waals surface area contributed by atoms with E-state index >= 15 is 0 Å². The first-order chi connectivity index (χ1) is 24.5. The van der Waals surface area contributed by atoms with Crippen molar-refractivity contribution in [3.8, 4) is 34.1 Å². The summed E-state index contributed by atoms with van der Waals surface area (Å²) in [6.07, 6.45) is 3.91. The van der Waals surface area contributed by atoms with Crippen LogP contribution in [0, 0.1) is 12.1 Å². The van der Waals surface area contributed by atoms with Crippen LogP contribution in [0.1, 0.15) is 25.0 Å². The topological polar surface area (TPSA) is 44.9 Å². The molecule has 0 radical (unpaired) electrons. The molecule has 0 fully saturated rings. The molecule has 6 aromatic carbocycles. The average molecular weight is 840 g/mol. The van der Waals surface area contributed by atoms with Crippen LogP contribution in [0.5, 0.6) is 11.5 Å². The van der Waals surface area contributed by atoms with E-state index in [-0.39, 0.29) is 26.5 Å². The normalized spacial score (nSPS) is 11.6. The Morgan fingerprint density at radius 1 is 0.627 bits per heavy atom. The Morgan fingerprint density at radius 3 is 2.22 bits per heavy atom. The fraction of sp³-hybridized carbons (Fsp3) is 0.0667. The van der Waals surface area contributed by atoms with Crippen molar-refractivity contribution in [1.82, 2.24) is 19.3 Å². The first kappa shape index (κ1) is 32.4. The third kappa shape index (κ3) is 5.94. The van der Waals surface area contributed by atoms with Gasteiger partial charge >= 0.3 is 21.1 Å². The van der Waals surface area contributed by atoms with Gasteiger partial charge in [-0.3, -0.25) is 4.68 Å². The maximum Gasteiger partial charge on any atom is 2.00 e. The maximum atomic E-state index is 6.45. The number of pyridine rings is 1. The molecule has 51 heavy (non-hydrogen) atoms. The first-order valence-corrected chi connectivity index (χ1v) is 16.7. The summed E-state index contributed by atoms with van der Waals surface area (Å²) in [5.41, 5.74) is 8.19. The molecule has 0 N–H and O–H groups in total. The second-order valence-corrected chi connectivity index (χ2v) is 13.0. The van der Waals surface area contributed by atoms with Crippen LogP contribution in [0.4, 0.5) is 0 Å². The molecule has 0 saturated carbocycles. The number of benzene rings is 6. The SMILES string of the molecule is CC(C)(c1ccccc1)c1ccnc(-n2c3[c-]c(Oc4[c-]c(-n5cc6ccccc6n5)ccc4)ccc3c3cc(-c4ccccc4)ccc32)c1.[Pt+2]. The fourth-order valence-electron chi connectivity index (χ4n) is 6.82. The summed E-state index contributed by atoms with van der Waals surface area (Å²) in [6, 6.07) is 57.1. The molecule has 0 bridgehead atoms. The monoisotopic (exact) mass is 839 g/mol. The predicted molar refractivity (Wildman–Crippen MR) is 201 cm³/mol. The number of nitrogens with zero attached hydrogens (tertiary/aromatic N) is 4. The quantitative estimate of drug-likeness (QED) is 0.150. The molecule has 3 heterocycles. The van der Waals surface area contributed by atoms with Gasteiger partial charge in [0.1, 0.15) is 5.82 Å². The molecule has 9 rings (SSSR count). The minimum absolute atomic E-state index is 0. The van der Waals surface area contributed by atoms with Gasteiger partial charge in [0.05, 0.1) is 5.52 Å². The predicted octanol–water partition coefficient (Wildman–Crippen LogP) is 10.9. The number of hydrogen-bond acceptors (Lipinski definition) is 3. The molecule has 0 saturated heterocycles. The molecule has 0 unspecified atom stereocenters. The minimum Gasteiger partial charge on any atom is -0.509 e. The van der Waals surface area contributed by atoms with Crippen LogP contribution in [0.3, 0.4) is 0 Å². The van der Waals surface area contributed by atoms with Crippen molar-refractivity contribution in [1.29, 1.82) is 0 Å². The summed E-state index contributed by atoms with van der Waals surface area (Å²) >= 11 is 0. The van der Waals surface area contributed by atoms with E-state index in [1.165, 1.54) is 16.7 Å². The Labute approximate surface area is 311 Å². The Kier molecular flexibility index (Phi) is 8.37. The summed E-state index contributed by atoms with van der Waals surface area (Å²) < 4.78 is 10.5. The number of hydrogen-bond donors (Lipinski definition) is 0. The standard InChI is InChI=1S/C45H32N4O.Pt/c1-45(2,34-15-7-4-8-16-34)35-24-25-46-44(27-35)49-42-23-20-32(31-12-5-3-6-13-31)26-40(42)39-22-21-38(29-43(39)49)50-37-18-11-17-36(28-37)48-30-33-14-9-10-19-41(33)47-48;/h3-27,30H,1-2H3;/q-2;+2. The van der Waals surface area contributed by atoms with Gasteiger partial charge in [0.15, 0.2) is 0 Å². The molecule has 3 aromatic heterocycles. The molecule has 0 aliphatic heterocycles. The van der Waals surface area contributed by atoms with Gasteiger partial charge in [-0.25, -0.2) is 4.98 Å². The van der Waals surface area contributed by atoms with E-state index in [9.17, 15) is 0 Å². The van der Waals surface area contributed by atoms with Gasteiger partial charge in [0.2, 0.25) is 0 Å². The molecule has 0 aliphatic rings. The summed E-state index contributed by atoms with van der Waals surface area (Å²) in [7, 11) is 0. The zero-order valence-corrected chi connectivity index (χ0v) is 30.3. The van der Waals surface area contributed by atoms with Crippen molar-refractivity contribution >= 4 is 32.7 Å². The van der Waals surface area contributed by atoms with Gasteiger partial charge in [0.25, 0.3) is 0 Å². The zero-order valence-electron chi connectivity index (χ0n) is 28.0. The van der Waals surface area contributed by atoms with Crippen molar-refractivity contribution in [2.75, 3.05) is 0 Å². The Morgan fingerprint density at radius 2 is 1.39 bits per heavy atom. The van der Waals surface area contributed by atoms with Crippen molar-refractivity contribution in [3.05, 3.63) is 181 Å². The summed E-state index contributed by atoms with van der Waals surface area (Å²) in [5.74, 6) is 1.99. The van der Waals surface area contributed by atoms with E-state index in [4.69, 9.17) is 14.8 Å². The molecule has 9 aromatic rings. The smallest absolute Gasteiger partial charge is 0.509 e. The zero-order chi connectivity index (χ0) is 33.7. The van der Waals surface area contributed by atoms with Gasteiger partial charge in [-0.15, -0.1) is 35.7 Å². The molecule has 0 atom stereocenters. The van der Waals surface area contributed by atoms with Crippen LogP contribution in [0.25, 0.3) is 55.3 Å². The molecule has 6 heteroatoms. The number of fused-ring (bicyclic) bond motifs is 4. The number of ether oxygens (including phenoxy) is 1. The number of aromatic nitrogens is 4. The van der Waals surface area contributed by atoms with E-state index in [0.29, 0.717) is 11.5 Å². The second-order valence-electron chi connectivity index (χ2n) is 13.0. The van der Waals surface area contributed by atoms with Gasteiger partial charge < -0.3 is 9.30 Å². The molecule has 0 aliphatic carbocycles. The Hall–Kier alpha value is -5.77. The van der Waals surface area contributed by atoms with Gasteiger partial charge in [-0.2, -0.15) is 17.2 Å². The van der Waals surface area contributed by atoms with Crippen molar-refractivity contribution in [3.63, 3.8) is 0 Å². The summed E-state index contributed by atoms with van der Waals surface area (Å²) in [4.78, 5) is 4.93. The van der Waals surface area contributed by atoms with E-state index in [0.717, 1.165) is 49.8 Å². The van der Waals surface area contributed by atoms with Crippen molar-refractivity contribution in [2.45, 2.75) is 19.3 Å². The van der Waals surface area contributed by atoms with E-state index in [1.807, 2.05) is 65.6 Å². The molecule has 5 nitrogen and oxygen atoms in total. The maximum absolute atomic E-state index is 6.45. The van der Waals surface area contributed by atoms with Gasteiger partial charge in [0, 0.05) is 40.2 Å². The van der Waals surface area contributed by atoms with Crippen LogP contribution < -0.4 is 4.74 Å². The summed E-state index contributed by atoms with van der Waals surface area (Å²) in [5, 5.41) is 7.99. The van der Waals surface area contributed by atoms with Gasteiger partial charge in [-0.05, 0) is 57.6 Å². The van der Waals surface area contributed by atoms with E-state index in [1.54, 1.807) is 0 Å². The average Bonchev–Trinajstić information content (AvgIpc) is 3.75. The van der Waals surface area contributed by atoms with Gasteiger partial charge in [-0.1, -0.05) is 110 Å². The Balaban J connectivity index is 0.00000374. The minimum atomic E-state index is -0.225. The van der Waals surface area contributed by atoms with Crippen molar-refractivity contribution < 1.29 is 25.8 Å². The molecular formula is C45H32N4OPt. The first-order valence-electron chi connectivity index (χ1n) is 16.7. The van der Waals surface area contributed by atoms with Crippen LogP contribution >= 0.6 is 0 Å². The van der Waals surface area contributed by atoms with E-state index < -0.39 is 0 Å². The van der Waals surface area contributed by atoms with E-state index in [2.05, 4.69) is 128 Å². The second kappa shape index (κ2) is 13.2. The molecular weight excluding hydrogens is 808 g/mol.